The molecule has 0 fully saturated rings. The van der Waals surface area contributed by atoms with Crippen LogP contribution in [0.4, 0.5) is 0 Å². The lowest BCUT2D eigenvalue weighted by Crippen LogP contribution is -2.24. The molecule has 7 heteroatoms. The summed E-state index contributed by atoms with van der Waals surface area (Å²) in [7, 11) is 0. The van der Waals surface area contributed by atoms with Gasteiger partial charge in [-0.05, 0) is 42.9 Å². The van der Waals surface area contributed by atoms with Gasteiger partial charge in [0, 0.05) is 42.7 Å². The lowest BCUT2D eigenvalue weighted by atomic mass is 10.2. The summed E-state index contributed by atoms with van der Waals surface area (Å²) in [5.41, 5.74) is 4.13. The van der Waals surface area contributed by atoms with Crippen molar-refractivity contribution >= 4 is 40.8 Å². The Morgan fingerprint density at radius 3 is 3.07 bits per heavy atom. The average molecular weight is 400 g/mol. The number of thioether (sulfide) groups is 1. The van der Waals surface area contributed by atoms with Gasteiger partial charge in [-0.15, -0.1) is 11.8 Å². The number of hydrogen-bond donors (Lipinski definition) is 1. The second-order valence-electron chi connectivity index (χ2n) is 5.79. The maximum absolute atomic E-state index is 5.48. The fraction of sp³-hybridized carbons (Fsp3) is 0.300. The zero-order chi connectivity index (χ0) is 19.5. The largest absolute Gasteiger partial charge is 0.372 e. The van der Waals surface area contributed by atoms with Gasteiger partial charge in [-0.25, -0.2) is 9.50 Å². The van der Waals surface area contributed by atoms with Crippen LogP contribution in [-0.2, 0) is 5.75 Å². The Bertz CT molecular complexity index is 877. The van der Waals surface area contributed by atoms with Gasteiger partial charge in [-0.3, -0.25) is 4.99 Å². The molecule has 0 unspecified atom stereocenters. The van der Waals surface area contributed by atoms with Crippen molar-refractivity contribution in [3.63, 3.8) is 0 Å². The summed E-state index contributed by atoms with van der Waals surface area (Å²) in [5.74, 6) is 0.803. The Hall–Kier alpha value is -2.25. The maximum Gasteiger partial charge on any atom is 0.158 e. The number of aromatic nitrogens is 3. The van der Waals surface area contributed by atoms with Gasteiger partial charge in [-0.2, -0.15) is 5.10 Å². The molecular weight excluding hydrogens is 374 g/mol. The number of hydrogen-bond acceptors (Lipinski definition) is 5. The van der Waals surface area contributed by atoms with Crippen molar-refractivity contribution in [3.05, 3.63) is 65.1 Å². The summed E-state index contributed by atoms with van der Waals surface area (Å²) in [6, 6.07) is 1.87. The van der Waals surface area contributed by atoms with Gasteiger partial charge in [0.2, 0.25) is 0 Å². The molecule has 0 aromatic carbocycles. The molecule has 0 radical (unpaired) electrons. The van der Waals surface area contributed by atoms with Gasteiger partial charge in [0.1, 0.15) is 4.99 Å². The second kappa shape index (κ2) is 11.5. The van der Waals surface area contributed by atoms with Crippen LogP contribution in [0.25, 0.3) is 5.65 Å². The van der Waals surface area contributed by atoms with E-state index in [0.29, 0.717) is 6.54 Å². The average Bonchev–Trinajstić information content (AvgIpc) is 3.10. The van der Waals surface area contributed by atoms with E-state index in [0.717, 1.165) is 39.5 Å². The second-order valence-corrected chi connectivity index (χ2v) is 7.05. The van der Waals surface area contributed by atoms with Crippen LogP contribution in [0.5, 0.6) is 0 Å². The molecule has 2 rings (SSSR count). The SMILES string of the molecule is C\C=C(/C=N\C=C/CC)CNC(=S)/C(C)=C/SCc1cnn2cccnc12. The summed E-state index contributed by atoms with van der Waals surface area (Å²) < 4.78 is 1.79. The van der Waals surface area contributed by atoms with Gasteiger partial charge < -0.3 is 5.32 Å². The summed E-state index contributed by atoms with van der Waals surface area (Å²) in [6.45, 7) is 6.76. The lowest BCUT2D eigenvalue weighted by Gasteiger charge is -2.08. The fourth-order valence-electron chi connectivity index (χ4n) is 2.14. The van der Waals surface area contributed by atoms with Crippen molar-refractivity contribution < 1.29 is 0 Å². The van der Waals surface area contributed by atoms with Crippen molar-refractivity contribution in [1.29, 1.82) is 0 Å². The van der Waals surface area contributed by atoms with E-state index in [1.807, 2.05) is 56.9 Å². The number of thiocarbonyl (C=S) groups is 1. The van der Waals surface area contributed by atoms with Gasteiger partial charge in [-0.1, -0.05) is 31.3 Å². The highest BCUT2D eigenvalue weighted by atomic mass is 32.2. The van der Waals surface area contributed by atoms with E-state index in [1.165, 1.54) is 0 Å². The Balaban J connectivity index is 1.83. The highest BCUT2D eigenvalue weighted by Crippen LogP contribution is 2.18. The maximum atomic E-state index is 5.48. The molecule has 0 aliphatic rings. The van der Waals surface area contributed by atoms with E-state index in [2.05, 4.69) is 32.7 Å². The van der Waals surface area contributed by atoms with Gasteiger partial charge in [0.25, 0.3) is 0 Å². The van der Waals surface area contributed by atoms with Crippen LogP contribution >= 0.6 is 24.0 Å². The molecule has 0 amide bonds. The summed E-state index contributed by atoms with van der Waals surface area (Å²) in [6.07, 6.45) is 14.3. The molecule has 27 heavy (non-hydrogen) atoms. The van der Waals surface area contributed by atoms with E-state index in [1.54, 1.807) is 22.5 Å². The number of nitrogens with zero attached hydrogens (tertiary/aromatic N) is 4. The lowest BCUT2D eigenvalue weighted by molar-refractivity contribution is 0.939. The first kappa shape index (κ1) is 21.1. The van der Waals surface area contributed by atoms with E-state index in [-0.39, 0.29) is 0 Å². The molecule has 2 heterocycles. The number of rotatable bonds is 9. The predicted molar refractivity (Wildman–Crippen MR) is 120 cm³/mol. The minimum absolute atomic E-state index is 0.659. The monoisotopic (exact) mass is 399 g/mol. The molecule has 5 nitrogen and oxygen atoms in total. The third-order valence-corrected chi connectivity index (χ3v) is 5.17. The van der Waals surface area contributed by atoms with Crippen molar-refractivity contribution in [2.24, 2.45) is 4.99 Å². The van der Waals surface area contributed by atoms with E-state index in [9.17, 15) is 0 Å². The Kier molecular flexibility index (Phi) is 8.94. The summed E-state index contributed by atoms with van der Waals surface area (Å²) in [4.78, 5) is 9.39. The highest BCUT2D eigenvalue weighted by Gasteiger charge is 2.05. The van der Waals surface area contributed by atoms with Gasteiger partial charge >= 0.3 is 0 Å². The first-order chi connectivity index (χ1) is 13.2. The van der Waals surface area contributed by atoms with Gasteiger partial charge in [0.15, 0.2) is 5.65 Å². The Labute approximate surface area is 170 Å². The van der Waals surface area contributed by atoms with Crippen molar-refractivity contribution in [2.75, 3.05) is 6.54 Å². The zero-order valence-corrected chi connectivity index (χ0v) is 17.6. The van der Waals surface area contributed by atoms with E-state index >= 15 is 0 Å². The minimum Gasteiger partial charge on any atom is -0.372 e. The number of nitrogens with one attached hydrogen (secondary N) is 1. The van der Waals surface area contributed by atoms with Crippen LogP contribution in [0.3, 0.4) is 0 Å². The zero-order valence-electron chi connectivity index (χ0n) is 15.9. The third-order valence-electron chi connectivity index (χ3n) is 3.70. The van der Waals surface area contributed by atoms with Gasteiger partial charge in [0.05, 0.1) is 6.20 Å². The fourth-order valence-corrected chi connectivity index (χ4v) is 3.18. The molecule has 2 aromatic heterocycles. The molecule has 142 valence electrons. The molecule has 2 aromatic rings. The molecular formula is C20H25N5S2. The van der Waals surface area contributed by atoms with Crippen LogP contribution in [0.2, 0.25) is 0 Å². The standard InChI is InChI=1S/C20H25N5S2/c1-4-6-8-21-11-17(5-2)12-23-20(26)16(3)14-27-15-18-13-24-25-10-7-9-22-19(18)25/h5-11,13-14H,4,12,15H2,1-3H3,(H,23,26)/b8-6-,16-14+,17-5+,21-11-. The topological polar surface area (TPSA) is 54.6 Å². The highest BCUT2D eigenvalue weighted by molar-refractivity contribution is 8.01. The Morgan fingerprint density at radius 1 is 1.44 bits per heavy atom. The third kappa shape index (κ3) is 6.77. The van der Waals surface area contributed by atoms with Crippen LogP contribution in [-0.4, -0.2) is 32.3 Å². The van der Waals surface area contributed by atoms with Crippen molar-refractivity contribution in [2.45, 2.75) is 32.9 Å². The molecule has 0 aliphatic carbocycles. The van der Waals surface area contributed by atoms with Crippen LogP contribution < -0.4 is 5.32 Å². The van der Waals surface area contributed by atoms with E-state index in [4.69, 9.17) is 12.2 Å². The van der Waals surface area contributed by atoms with Crippen molar-refractivity contribution in [3.8, 4) is 0 Å². The summed E-state index contributed by atoms with van der Waals surface area (Å²) >= 11 is 7.17. The molecule has 0 bridgehead atoms. The van der Waals surface area contributed by atoms with Crippen LogP contribution in [0, 0.1) is 0 Å². The first-order valence-corrected chi connectivity index (χ1v) is 10.3. The quantitative estimate of drug-likeness (QED) is 0.375. The van der Waals surface area contributed by atoms with Crippen LogP contribution in [0.1, 0.15) is 32.8 Å². The molecule has 0 atom stereocenters. The minimum atomic E-state index is 0.659. The number of aliphatic imine (C=N–C) groups is 1. The number of allylic oxidation sites excluding steroid dienone is 2. The molecule has 0 saturated heterocycles. The predicted octanol–water partition coefficient (Wildman–Crippen LogP) is 4.72. The molecule has 1 N–H and O–H groups in total. The molecule has 0 spiro atoms. The smallest absolute Gasteiger partial charge is 0.158 e. The van der Waals surface area contributed by atoms with Crippen LogP contribution in [0.15, 0.2) is 64.6 Å². The van der Waals surface area contributed by atoms with Crippen molar-refractivity contribution in [1.82, 2.24) is 19.9 Å². The van der Waals surface area contributed by atoms with E-state index < -0.39 is 0 Å². The molecule has 0 aliphatic heterocycles. The molecule has 0 saturated carbocycles. The first-order valence-electron chi connectivity index (χ1n) is 8.82. The summed E-state index contributed by atoms with van der Waals surface area (Å²) in [5, 5.41) is 9.67. The number of fused-ring (bicyclic) bond motifs is 1. The Morgan fingerprint density at radius 2 is 2.30 bits per heavy atom. The normalized spacial score (nSPS) is 13.1.